The Morgan fingerprint density at radius 2 is 1.83 bits per heavy atom. The minimum absolute atomic E-state index is 0.00516. The van der Waals surface area contributed by atoms with Gasteiger partial charge in [0.2, 0.25) is 0 Å². The number of methoxy groups -OCH3 is 3. The Labute approximate surface area is 241 Å². The molecule has 4 rings (SSSR count). The first-order chi connectivity index (χ1) is 19.8. The molecule has 41 heavy (non-hydrogen) atoms. The molecule has 1 aromatic heterocycles. The normalized spacial score (nSPS) is 14.9. The summed E-state index contributed by atoms with van der Waals surface area (Å²) in [5, 5.41) is 9.97. The van der Waals surface area contributed by atoms with Crippen LogP contribution in [0.3, 0.4) is 0 Å². The molecule has 1 atom stereocenters. The fourth-order valence-electron chi connectivity index (χ4n) is 4.43. The van der Waals surface area contributed by atoms with Gasteiger partial charge in [-0.15, -0.1) is 0 Å². The number of allylic oxidation sites excluding steroid dienone is 1. The highest BCUT2D eigenvalue weighted by Gasteiger charge is 2.34. The molecular weight excluding hydrogens is 548 g/mol. The molecule has 1 aliphatic rings. The zero-order chi connectivity index (χ0) is 29.5. The number of aromatic nitrogens is 1. The molecule has 1 aliphatic heterocycles. The molecular formula is C30H34N2O8S. The van der Waals surface area contributed by atoms with Crippen LogP contribution in [0.15, 0.2) is 57.5 Å². The summed E-state index contributed by atoms with van der Waals surface area (Å²) in [6, 6.07) is 9.37. The average Bonchev–Trinajstić information content (AvgIpc) is 3.27. The third kappa shape index (κ3) is 6.47. The molecule has 11 heteroatoms. The van der Waals surface area contributed by atoms with Gasteiger partial charge in [0.25, 0.3) is 5.56 Å². The highest BCUT2D eigenvalue weighted by Crippen LogP contribution is 2.36. The Morgan fingerprint density at radius 1 is 1.05 bits per heavy atom. The summed E-state index contributed by atoms with van der Waals surface area (Å²) < 4.78 is 29.2. The Morgan fingerprint density at radius 3 is 2.54 bits per heavy atom. The van der Waals surface area contributed by atoms with Crippen molar-refractivity contribution >= 4 is 23.4 Å². The number of nitrogens with zero attached hydrogens (tertiary/aromatic N) is 2. The number of hydrogen-bond donors (Lipinski definition) is 1. The van der Waals surface area contributed by atoms with Crippen LogP contribution in [0.25, 0.3) is 6.08 Å². The van der Waals surface area contributed by atoms with Crippen molar-refractivity contribution in [3.05, 3.63) is 78.5 Å². The summed E-state index contributed by atoms with van der Waals surface area (Å²) in [6.45, 7) is 4.64. The van der Waals surface area contributed by atoms with Crippen LogP contribution < -0.4 is 29.1 Å². The molecule has 2 heterocycles. The first-order valence-corrected chi connectivity index (χ1v) is 14.0. The monoisotopic (exact) mass is 582 g/mol. The summed E-state index contributed by atoms with van der Waals surface area (Å²) in [7, 11) is 4.52. The van der Waals surface area contributed by atoms with E-state index >= 15 is 0 Å². The van der Waals surface area contributed by atoms with E-state index in [0.717, 1.165) is 12.8 Å². The van der Waals surface area contributed by atoms with Crippen molar-refractivity contribution < 1.29 is 33.6 Å². The van der Waals surface area contributed by atoms with Crippen LogP contribution in [-0.4, -0.2) is 56.8 Å². The van der Waals surface area contributed by atoms with Crippen molar-refractivity contribution in [3.8, 4) is 23.0 Å². The zero-order valence-electron chi connectivity index (χ0n) is 23.8. The van der Waals surface area contributed by atoms with E-state index in [-0.39, 0.29) is 35.8 Å². The summed E-state index contributed by atoms with van der Waals surface area (Å²) in [6.07, 6.45) is 3.59. The molecule has 0 bridgehead atoms. The number of ether oxygens (including phenoxy) is 5. The molecule has 0 saturated carbocycles. The third-order valence-electron chi connectivity index (χ3n) is 6.52. The van der Waals surface area contributed by atoms with Crippen molar-refractivity contribution in [1.82, 2.24) is 4.57 Å². The smallest absolute Gasteiger partial charge is 0.338 e. The second-order valence-electron chi connectivity index (χ2n) is 9.25. The maximum atomic E-state index is 13.9. The lowest BCUT2D eigenvalue weighted by molar-refractivity contribution is -0.140. The standard InChI is InChI=1S/C30H34N2O8S/c1-6-7-12-39-22-11-9-20(17-24(22)38-5)27-26(29(35)40-14-13-36-3)18(2)31-30-32(27)28(34)25(41-30)16-19-8-10-21(33)23(15-19)37-4/h8-11,15-17,27,33H,6-7,12-14H2,1-5H3/b25-16-. The van der Waals surface area contributed by atoms with Gasteiger partial charge in [-0.1, -0.05) is 36.8 Å². The number of fused-ring (bicyclic) bond motifs is 1. The molecule has 0 saturated heterocycles. The Kier molecular flexibility index (Phi) is 9.85. The maximum Gasteiger partial charge on any atom is 0.338 e. The fourth-order valence-corrected chi connectivity index (χ4v) is 5.48. The molecule has 1 N–H and O–H groups in total. The molecule has 0 fully saturated rings. The Hall–Kier alpha value is -4.09. The third-order valence-corrected chi connectivity index (χ3v) is 7.51. The first-order valence-electron chi connectivity index (χ1n) is 13.2. The largest absolute Gasteiger partial charge is 0.504 e. The number of benzene rings is 2. The molecule has 218 valence electrons. The minimum Gasteiger partial charge on any atom is -0.504 e. The van der Waals surface area contributed by atoms with Crippen LogP contribution in [0.1, 0.15) is 43.9 Å². The van der Waals surface area contributed by atoms with Crippen LogP contribution >= 0.6 is 11.3 Å². The summed E-state index contributed by atoms with van der Waals surface area (Å²) in [4.78, 5) is 32.3. The minimum atomic E-state index is -0.823. The van der Waals surface area contributed by atoms with E-state index in [4.69, 9.17) is 23.7 Å². The van der Waals surface area contributed by atoms with Gasteiger partial charge in [-0.05, 0) is 54.8 Å². The number of phenolic OH excluding ortho intramolecular Hbond substituents is 1. The number of phenols is 1. The van der Waals surface area contributed by atoms with Crippen LogP contribution in [0.2, 0.25) is 0 Å². The zero-order valence-corrected chi connectivity index (χ0v) is 24.6. The van der Waals surface area contributed by atoms with Gasteiger partial charge in [0.05, 0.1) is 49.3 Å². The summed E-state index contributed by atoms with van der Waals surface area (Å²) in [5.41, 5.74) is 1.65. The van der Waals surface area contributed by atoms with E-state index in [1.54, 1.807) is 44.4 Å². The molecule has 1 unspecified atom stereocenters. The van der Waals surface area contributed by atoms with E-state index in [1.807, 2.05) is 6.07 Å². The van der Waals surface area contributed by atoms with Gasteiger partial charge < -0.3 is 28.8 Å². The van der Waals surface area contributed by atoms with Gasteiger partial charge >= 0.3 is 5.97 Å². The van der Waals surface area contributed by atoms with Crippen LogP contribution in [0.5, 0.6) is 23.0 Å². The highest BCUT2D eigenvalue weighted by molar-refractivity contribution is 7.07. The summed E-state index contributed by atoms with van der Waals surface area (Å²) >= 11 is 1.20. The van der Waals surface area contributed by atoms with Crippen molar-refractivity contribution in [1.29, 1.82) is 0 Å². The number of carbonyl (C=O) groups excluding carboxylic acids is 1. The van der Waals surface area contributed by atoms with Gasteiger partial charge in [0, 0.05) is 7.11 Å². The molecule has 0 aliphatic carbocycles. The Balaban J connectivity index is 1.87. The van der Waals surface area contributed by atoms with E-state index in [1.165, 1.54) is 36.2 Å². The first kappa shape index (κ1) is 29.9. The number of aromatic hydroxyl groups is 1. The number of hydrogen-bond acceptors (Lipinski definition) is 10. The fraction of sp³-hybridized carbons (Fsp3) is 0.367. The molecule has 0 amide bonds. The SMILES string of the molecule is CCCCOc1ccc(C2C(C(=O)OCCOC)=C(C)N=c3s/c(=C\c4ccc(O)c(OC)c4)c(=O)n32)cc1OC. The number of unbranched alkanes of at least 4 members (excludes halogenated alkanes) is 1. The Bertz CT molecular complexity index is 1620. The maximum absolute atomic E-state index is 13.9. The number of thiazole rings is 1. The van der Waals surface area contributed by atoms with Gasteiger partial charge in [-0.25, -0.2) is 9.79 Å². The van der Waals surface area contributed by atoms with Crippen LogP contribution in [0, 0.1) is 0 Å². The second-order valence-corrected chi connectivity index (χ2v) is 10.3. The van der Waals surface area contributed by atoms with Crippen molar-refractivity contribution in [2.45, 2.75) is 32.7 Å². The van der Waals surface area contributed by atoms with Crippen molar-refractivity contribution in [3.63, 3.8) is 0 Å². The lowest BCUT2D eigenvalue weighted by Gasteiger charge is -2.25. The molecule has 2 aromatic carbocycles. The van der Waals surface area contributed by atoms with Gasteiger partial charge in [-0.3, -0.25) is 9.36 Å². The van der Waals surface area contributed by atoms with E-state index < -0.39 is 12.0 Å². The quantitative estimate of drug-likeness (QED) is 0.255. The van der Waals surface area contributed by atoms with E-state index in [2.05, 4.69) is 11.9 Å². The van der Waals surface area contributed by atoms with Crippen molar-refractivity contribution in [2.75, 3.05) is 41.2 Å². The number of esters is 1. The van der Waals surface area contributed by atoms with Crippen LogP contribution in [-0.2, 0) is 14.3 Å². The van der Waals surface area contributed by atoms with Gasteiger partial charge in [0.15, 0.2) is 27.8 Å². The van der Waals surface area contributed by atoms with Crippen molar-refractivity contribution in [2.24, 2.45) is 4.99 Å². The van der Waals surface area contributed by atoms with Gasteiger partial charge in [0.1, 0.15) is 6.61 Å². The predicted molar refractivity (Wildman–Crippen MR) is 155 cm³/mol. The van der Waals surface area contributed by atoms with Crippen LogP contribution in [0.4, 0.5) is 0 Å². The van der Waals surface area contributed by atoms with E-state index in [9.17, 15) is 14.7 Å². The molecule has 0 radical (unpaired) electrons. The number of rotatable bonds is 12. The topological polar surface area (TPSA) is 118 Å². The molecule has 3 aromatic rings. The lowest BCUT2D eigenvalue weighted by atomic mass is 9.95. The van der Waals surface area contributed by atoms with E-state index in [0.29, 0.717) is 44.3 Å². The molecule has 0 spiro atoms. The predicted octanol–water partition coefficient (Wildman–Crippen LogP) is 3.33. The second kappa shape index (κ2) is 13.5. The molecule has 10 nitrogen and oxygen atoms in total. The lowest BCUT2D eigenvalue weighted by Crippen LogP contribution is -2.40. The average molecular weight is 583 g/mol. The van der Waals surface area contributed by atoms with Gasteiger partial charge in [-0.2, -0.15) is 0 Å². The number of carbonyl (C=O) groups is 1. The summed E-state index contributed by atoms with van der Waals surface area (Å²) in [5.74, 6) is 0.749. The highest BCUT2D eigenvalue weighted by atomic mass is 32.1.